The minimum atomic E-state index is -1.07. The van der Waals surface area contributed by atoms with Crippen molar-refractivity contribution < 1.29 is 14.6 Å². The molecule has 0 aliphatic heterocycles. The second kappa shape index (κ2) is 6.80. The Hall–Kier alpha value is -1.69. The Morgan fingerprint density at radius 1 is 1.41 bits per heavy atom. The maximum absolute atomic E-state index is 11.0. The Morgan fingerprint density at radius 3 is 2.71 bits per heavy atom. The molecule has 1 heterocycles. The van der Waals surface area contributed by atoms with Gasteiger partial charge in [-0.3, -0.25) is 0 Å². The fourth-order valence-electron chi connectivity index (χ4n) is 1.45. The highest BCUT2D eigenvalue weighted by molar-refractivity contribution is 5.90. The monoisotopic (exact) mass is 239 g/mol. The Labute approximate surface area is 100 Å². The number of rotatable bonds is 7. The van der Waals surface area contributed by atoms with Crippen molar-refractivity contribution in [3.63, 3.8) is 0 Å². The SMILES string of the molecule is CCOCCN(CC)c1nccnc1C(=O)O. The molecular weight excluding hydrogens is 222 g/mol. The average molecular weight is 239 g/mol. The van der Waals surface area contributed by atoms with Gasteiger partial charge in [-0.25, -0.2) is 14.8 Å². The second-order valence-corrected chi connectivity index (χ2v) is 3.31. The molecule has 6 nitrogen and oxygen atoms in total. The lowest BCUT2D eigenvalue weighted by Crippen LogP contribution is -2.30. The summed E-state index contributed by atoms with van der Waals surface area (Å²) in [6.07, 6.45) is 2.87. The number of nitrogens with zero attached hydrogens (tertiary/aromatic N) is 3. The van der Waals surface area contributed by atoms with Crippen molar-refractivity contribution in [1.82, 2.24) is 9.97 Å². The highest BCUT2D eigenvalue weighted by Crippen LogP contribution is 2.14. The van der Waals surface area contributed by atoms with E-state index < -0.39 is 5.97 Å². The number of aromatic carboxylic acids is 1. The van der Waals surface area contributed by atoms with Crippen molar-refractivity contribution in [2.24, 2.45) is 0 Å². The molecular formula is C11H17N3O3. The maximum atomic E-state index is 11.0. The van der Waals surface area contributed by atoms with Crippen LogP contribution in [0.2, 0.25) is 0 Å². The topological polar surface area (TPSA) is 75.5 Å². The van der Waals surface area contributed by atoms with E-state index >= 15 is 0 Å². The first kappa shape index (κ1) is 13.4. The van der Waals surface area contributed by atoms with Gasteiger partial charge < -0.3 is 14.7 Å². The van der Waals surface area contributed by atoms with Crippen molar-refractivity contribution in [1.29, 1.82) is 0 Å². The lowest BCUT2D eigenvalue weighted by Gasteiger charge is -2.22. The number of likely N-dealkylation sites (N-methyl/N-ethyl adjacent to an activating group) is 1. The van der Waals surface area contributed by atoms with Gasteiger partial charge in [0.1, 0.15) is 0 Å². The largest absolute Gasteiger partial charge is 0.476 e. The molecule has 0 aromatic carbocycles. The van der Waals surface area contributed by atoms with E-state index in [0.717, 1.165) is 0 Å². The van der Waals surface area contributed by atoms with Gasteiger partial charge in [0.15, 0.2) is 11.5 Å². The smallest absolute Gasteiger partial charge is 0.358 e. The van der Waals surface area contributed by atoms with Crippen LogP contribution in [0.3, 0.4) is 0 Å². The minimum Gasteiger partial charge on any atom is -0.476 e. The van der Waals surface area contributed by atoms with E-state index in [1.807, 2.05) is 18.7 Å². The van der Waals surface area contributed by atoms with E-state index in [1.165, 1.54) is 12.4 Å². The third kappa shape index (κ3) is 3.67. The summed E-state index contributed by atoms with van der Waals surface area (Å²) in [7, 11) is 0. The van der Waals surface area contributed by atoms with Crippen LogP contribution in [-0.4, -0.2) is 47.3 Å². The van der Waals surface area contributed by atoms with Crippen LogP contribution in [0.1, 0.15) is 24.3 Å². The standard InChI is InChI=1S/C11H17N3O3/c1-3-14(7-8-17-4-2)10-9(11(15)16)12-5-6-13-10/h5-6H,3-4,7-8H2,1-2H3,(H,15,16). The van der Waals surface area contributed by atoms with Gasteiger partial charge in [-0.1, -0.05) is 0 Å². The molecule has 1 rings (SSSR count). The Balaban J connectivity index is 2.83. The summed E-state index contributed by atoms with van der Waals surface area (Å²) < 4.78 is 5.25. The van der Waals surface area contributed by atoms with Gasteiger partial charge in [0, 0.05) is 32.1 Å². The molecule has 0 saturated heterocycles. The van der Waals surface area contributed by atoms with Crippen LogP contribution in [0.15, 0.2) is 12.4 Å². The summed E-state index contributed by atoms with van der Waals surface area (Å²) in [6.45, 7) is 6.30. The van der Waals surface area contributed by atoms with Gasteiger partial charge in [0.2, 0.25) is 0 Å². The molecule has 1 aromatic heterocycles. The first-order valence-electron chi connectivity index (χ1n) is 5.57. The Kier molecular flexibility index (Phi) is 5.35. The van der Waals surface area contributed by atoms with Crippen LogP contribution in [0.5, 0.6) is 0 Å². The molecule has 0 saturated carbocycles. The van der Waals surface area contributed by atoms with Crippen molar-refractivity contribution >= 4 is 11.8 Å². The van der Waals surface area contributed by atoms with Crippen LogP contribution in [0.4, 0.5) is 5.82 Å². The van der Waals surface area contributed by atoms with Crippen LogP contribution < -0.4 is 4.90 Å². The molecule has 1 N–H and O–H groups in total. The first-order chi connectivity index (χ1) is 8.20. The van der Waals surface area contributed by atoms with Crippen LogP contribution >= 0.6 is 0 Å². The number of ether oxygens (including phenoxy) is 1. The molecule has 0 atom stereocenters. The number of hydrogen-bond donors (Lipinski definition) is 1. The second-order valence-electron chi connectivity index (χ2n) is 3.31. The highest BCUT2D eigenvalue weighted by Gasteiger charge is 2.17. The van der Waals surface area contributed by atoms with Gasteiger partial charge >= 0.3 is 5.97 Å². The van der Waals surface area contributed by atoms with Gasteiger partial charge in [0.25, 0.3) is 0 Å². The predicted octanol–water partition coefficient (Wildman–Crippen LogP) is 1.04. The third-order valence-corrected chi connectivity index (χ3v) is 2.27. The van der Waals surface area contributed by atoms with Crippen molar-refractivity contribution in [3.05, 3.63) is 18.1 Å². The summed E-state index contributed by atoms with van der Waals surface area (Å²) in [5.74, 6) is -0.676. The zero-order chi connectivity index (χ0) is 12.7. The summed E-state index contributed by atoms with van der Waals surface area (Å²) in [5, 5.41) is 9.02. The quantitative estimate of drug-likeness (QED) is 0.716. The van der Waals surface area contributed by atoms with E-state index in [2.05, 4.69) is 9.97 Å². The van der Waals surface area contributed by atoms with E-state index in [9.17, 15) is 4.79 Å². The molecule has 1 aromatic rings. The number of anilines is 1. The summed E-state index contributed by atoms with van der Waals surface area (Å²) >= 11 is 0. The number of carbonyl (C=O) groups is 1. The molecule has 0 unspecified atom stereocenters. The van der Waals surface area contributed by atoms with Gasteiger partial charge in [0.05, 0.1) is 6.61 Å². The highest BCUT2D eigenvalue weighted by atomic mass is 16.5. The van der Waals surface area contributed by atoms with Crippen molar-refractivity contribution in [2.75, 3.05) is 31.2 Å². The van der Waals surface area contributed by atoms with Crippen molar-refractivity contribution in [2.45, 2.75) is 13.8 Å². The maximum Gasteiger partial charge on any atom is 0.358 e. The Morgan fingerprint density at radius 2 is 2.12 bits per heavy atom. The molecule has 0 spiro atoms. The molecule has 0 radical (unpaired) electrons. The zero-order valence-corrected chi connectivity index (χ0v) is 10.1. The van der Waals surface area contributed by atoms with E-state index in [4.69, 9.17) is 9.84 Å². The first-order valence-corrected chi connectivity index (χ1v) is 5.57. The molecule has 94 valence electrons. The molecule has 0 fully saturated rings. The van der Waals surface area contributed by atoms with Crippen LogP contribution in [-0.2, 0) is 4.74 Å². The lowest BCUT2D eigenvalue weighted by atomic mass is 10.3. The summed E-state index contributed by atoms with van der Waals surface area (Å²) in [5.41, 5.74) is -0.0224. The van der Waals surface area contributed by atoms with Crippen LogP contribution in [0.25, 0.3) is 0 Å². The predicted molar refractivity (Wildman–Crippen MR) is 63.4 cm³/mol. The van der Waals surface area contributed by atoms with Gasteiger partial charge in [-0.2, -0.15) is 0 Å². The molecule has 17 heavy (non-hydrogen) atoms. The number of hydrogen-bond acceptors (Lipinski definition) is 5. The Bertz CT molecular complexity index is 371. The van der Waals surface area contributed by atoms with Crippen molar-refractivity contribution in [3.8, 4) is 0 Å². The number of carboxylic acid groups (broad SMARTS) is 1. The van der Waals surface area contributed by atoms with E-state index in [1.54, 1.807) is 0 Å². The normalized spacial score (nSPS) is 10.2. The fourth-order valence-corrected chi connectivity index (χ4v) is 1.45. The lowest BCUT2D eigenvalue weighted by molar-refractivity contribution is 0.0690. The van der Waals surface area contributed by atoms with Gasteiger partial charge in [-0.15, -0.1) is 0 Å². The number of aromatic nitrogens is 2. The summed E-state index contributed by atoms with van der Waals surface area (Å²) in [4.78, 5) is 20.8. The third-order valence-electron chi connectivity index (χ3n) is 2.27. The molecule has 6 heteroatoms. The molecule has 0 bridgehead atoms. The minimum absolute atomic E-state index is 0.0224. The number of carboxylic acids is 1. The van der Waals surface area contributed by atoms with E-state index in [-0.39, 0.29) is 5.69 Å². The van der Waals surface area contributed by atoms with E-state index in [0.29, 0.717) is 32.1 Å². The average Bonchev–Trinajstić information content (AvgIpc) is 2.35. The molecule has 0 aliphatic carbocycles. The summed E-state index contributed by atoms with van der Waals surface area (Å²) in [6, 6.07) is 0. The molecule has 0 aliphatic rings. The fraction of sp³-hybridized carbons (Fsp3) is 0.545. The molecule has 0 amide bonds. The van der Waals surface area contributed by atoms with Gasteiger partial charge in [-0.05, 0) is 13.8 Å². The zero-order valence-electron chi connectivity index (χ0n) is 10.1. The van der Waals surface area contributed by atoms with Crippen LogP contribution in [0, 0.1) is 0 Å².